The number of carbonyl (C=O) groups is 3. The van der Waals surface area contributed by atoms with Gasteiger partial charge in [0, 0.05) is 33.2 Å². The average Bonchev–Trinajstić information content (AvgIpc) is 3.27. The molecule has 0 aliphatic heterocycles. The maximum Gasteiger partial charge on any atom is 0.328 e. The Balaban J connectivity index is 1.50. The van der Waals surface area contributed by atoms with Crippen molar-refractivity contribution in [3.63, 3.8) is 0 Å². The van der Waals surface area contributed by atoms with Gasteiger partial charge in [-0.2, -0.15) is 0 Å². The van der Waals surface area contributed by atoms with Gasteiger partial charge in [0.1, 0.15) is 5.25 Å². The number of nitrogens with zero attached hydrogens (tertiary/aromatic N) is 1. The number of nitrogens with one attached hydrogen (secondary N) is 2. The third-order valence-electron chi connectivity index (χ3n) is 5.17. The lowest BCUT2D eigenvalue weighted by Gasteiger charge is -2.16. The van der Waals surface area contributed by atoms with Gasteiger partial charge in [0.2, 0.25) is 11.8 Å². The standard InChI is InChI=1S/C28H23N3O4S2/c1-18-25(19-8-4-2-5-9-19)30-28(36-18)31-27(35)26(20-10-6-3-7-11-20)37-22-14-12-21(13-15-22)29-23(32)16-17-24(33)34/h2-17,26H,1H3,(H,29,32)(H,33,34)(H,30,31,35)/b17-16+. The van der Waals surface area contributed by atoms with Gasteiger partial charge in [-0.3, -0.25) is 9.59 Å². The van der Waals surface area contributed by atoms with Gasteiger partial charge in [0.25, 0.3) is 0 Å². The van der Waals surface area contributed by atoms with Crippen molar-refractivity contribution in [2.24, 2.45) is 0 Å². The van der Waals surface area contributed by atoms with Gasteiger partial charge in [-0.15, -0.1) is 23.1 Å². The van der Waals surface area contributed by atoms with E-state index in [1.165, 1.54) is 23.1 Å². The summed E-state index contributed by atoms with van der Waals surface area (Å²) in [4.78, 5) is 42.3. The number of hydrogen-bond acceptors (Lipinski definition) is 6. The van der Waals surface area contributed by atoms with E-state index in [1.54, 1.807) is 24.3 Å². The van der Waals surface area contributed by atoms with Crippen molar-refractivity contribution in [3.8, 4) is 11.3 Å². The van der Waals surface area contributed by atoms with E-state index >= 15 is 0 Å². The molecule has 0 radical (unpaired) electrons. The Labute approximate surface area is 222 Å². The van der Waals surface area contributed by atoms with Crippen molar-refractivity contribution in [2.45, 2.75) is 17.1 Å². The number of thiazole rings is 1. The lowest BCUT2D eigenvalue weighted by atomic mass is 10.1. The molecule has 37 heavy (non-hydrogen) atoms. The minimum Gasteiger partial charge on any atom is -0.478 e. The summed E-state index contributed by atoms with van der Waals surface area (Å²) in [6.45, 7) is 1.98. The van der Waals surface area contributed by atoms with Crippen LogP contribution in [0.4, 0.5) is 10.8 Å². The summed E-state index contributed by atoms with van der Waals surface area (Å²) >= 11 is 2.81. The van der Waals surface area contributed by atoms with E-state index in [0.29, 0.717) is 10.8 Å². The van der Waals surface area contributed by atoms with Crippen molar-refractivity contribution in [1.29, 1.82) is 0 Å². The summed E-state index contributed by atoms with van der Waals surface area (Å²) in [6, 6.07) is 26.3. The maximum atomic E-state index is 13.4. The number of benzene rings is 3. The van der Waals surface area contributed by atoms with Crippen LogP contribution >= 0.6 is 23.1 Å². The number of carboxylic acids is 1. The molecule has 4 rings (SSSR count). The summed E-state index contributed by atoms with van der Waals surface area (Å²) < 4.78 is 0. The number of thioether (sulfide) groups is 1. The van der Waals surface area contributed by atoms with Crippen LogP contribution in [0.3, 0.4) is 0 Å². The van der Waals surface area contributed by atoms with Crippen LogP contribution in [0.25, 0.3) is 11.3 Å². The van der Waals surface area contributed by atoms with Crippen LogP contribution in [0.15, 0.2) is 102 Å². The molecule has 0 aliphatic carbocycles. The van der Waals surface area contributed by atoms with Gasteiger partial charge < -0.3 is 15.7 Å². The van der Waals surface area contributed by atoms with Crippen LogP contribution in [0.2, 0.25) is 0 Å². The lowest BCUT2D eigenvalue weighted by molar-refractivity contribution is -0.131. The predicted molar refractivity (Wildman–Crippen MR) is 148 cm³/mol. The molecule has 0 spiro atoms. The molecule has 0 fully saturated rings. The number of amides is 2. The molecule has 0 aliphatic rings. The molecule has 0 saturated heterocycles. The Morgan fingerprint density at radius 3 is 2.19 bits per heavy atom. The first-order valence-corrected chi connectivity index (χ1v) is 13.0. The third-order valence-corrected chi connectivity index (χ3v) is 7.32. The molecule has 3 N–H and O–H groups in total. The molecule has 3 aromatic carbocycles. The maximum absolute atomic E-state index is 13.4. The number of carboxylic acid groups (broad SMARTS) is 1. The summed E-state index contributed by atoms with van der Waals surface area (Å²) in [7, 11) is 0. The van der Waals surface area contributed by atoms with E-state index in [2.05, 4.69) is 15.6 Å². The quantitative estimate of drug-likeness (QED) is 0.177. The van der Waals surface area contributed by atoms with Gasteiger partial charge >= 0.3 is 5.97 Å². The van der Waals surface area contributed by atoms with Crippen LogP contribution in [0.5, 0.6) is 0 Å². The summed E-state index contributed by atoms with van der Waals surface area (Å²) in [5, 5.41) is 14.2. The number of hydrogen-bond donors (Lipinski definition) is 3. The van der Waals surface area contributed by atoms with Crippen molar-refractivity contribution in [1.82, 2.24) is 4.98 Å². The number of anilines is 2. The minimum absolute atomic E-state index is 0.194. The van der Waals surface area contributed by atoms with E-state index in [-0.39, 0.29) is 5.91 Å². The van der Waals surface area contributed by atoms with Gasteiger partial charge in [-0.1, -0.05) is 60.7 Å². The highest BCUT2D eigenvalue weighted by Crippen LogP contribution is 2.38. The Morgan fingerprint density at radius 2 is 1.54 bits per heavy atom. The monoisotopic (exact) mass is 529 g/mol. The molecule has 0 bridgehead atoms. The molecule has 2 amide bonds. The molecule has 1 aromatic heterocycles. The second-order valence-corrected chi connectivity index (χ2v) is 10.3. The van der Waals surface area contributed by atoms with Crippen molar-refractivity contribution < 1.29 is 19.5 Å². The molecule has 9 heteroatoms. The van der Waals surface area contributed by atoms with Crippen LogP contribution in [-0.4, -0.2) is 27.9 Å². The molecule has 1 heterocycles. The Hall–Kier alpha value is -4.21. The highest BCUT2D eigenvalue weighted by Gasteiger charge is 2.24. The highest BCUT2D eigenvalue weighted by molar-refractivity contribution is 8.00. The molecule has 1 unspecified atom stereocenters. The average molecular weight is 530 g/mol. The second-order valence-electron chi connectivity index (χ2n) is 7.87. The lowest BCUT2D eigenvalue weighted by Crippen LogP contribution is -2.19. The Kier molecular flexibility index (Phi) is 8.50. The summed E-state index contributed by atoms with van der Waals surface area (Å²) in [6.07, 6.45) is 1.72. The Bertz CT molecular complexity index is 1420. The van der Waals surface area contributed by atoms with E-state index in [4.69, 9.17) is 5.11 Å². The van der Waals surface area contributed by atoms with E-state index in [9.17, 15) is 14.4 Å². The van der Waals surface area contributed by atoms with Crippen LogP contribution in [0, 0.1) is 6.92 Å². The smallest absolute Gasteiger partial charge is 0.328 e. The molecular weight excluding hydrogens is 506 g/mol. The van der Waals surface area contributed by atoms with Gasteiger partial charge in [-0.25, -0.2) is 9.78 Å². The van der Waals surface area contributed by atoms with Gasteiger partial charge in [-0.05, 0) is 36.8 Å². The molecule has 0 saturated carbocycles. The minimum atomic E-state index is -1.20. The first-order chi connectivity index (χ1) is 17.9. The number of carbonyl (C=O) groups excluding carboxylic acids is 2. The first-order valence-electron chi connectivity index (χ1n) is 11.3. The zero-order valence-electron chi connectivity index (χ0n) is 19.8. The van der Waals surface area contributed by atoms with Crippen LogP contribution in [-0.2, 0) is 14.4 Å². The van der Waals surface area contributed by atoms with E-state index < -0.39 is 17.1 Å². The number of aliphatic carboxylic acids is 1. The molecule has 1 atom stereocenters. The fraction of sp³-hybridized carbons (Fsp3) is 0.0714. The van der Waals surface area contributed by atoms with E-state index in [0.717, 1.165) is 38.7 Å². The van der Waals surface area contributed by atoms with Crippen molar-refractivity contribution in [3.05, 3.63) is 108 Å². The number of rotatable bonds is 9. The van der Waals surface area contributed by atoms with Gasteiger partial charge in [0.05, 0.1) is 5.69 Å². The molecule has 4 aromatic rings. The van der Waals surface area contributed by atoms with Crippen LogP contribution < -0.4 is 10.6 Å². The SMILES string of the molecule is Cc1sc(NC(=O)C(Sc2ccc(NC(=O)/C=C/C(=O)O)cc2)c2ccccc2)nc1-c1ccccc1. The molecule has 7 nitrogen and oxygen atoms in total. The van der Waals surface area contributed by atoms with Crippen LogP contribution in [0.1, 0.15) is 15.7 Å². The normalized spacial score (nSPS) is 11.7. The third kappa shape index (κ3) is 7.16. The fourth-order valence-electron chi connectivity index (χ4n) is 3.47. The summed E-state index contributed by atoms with van der Waals surface area (Å²) in [5.41, 5.74) is 3.20. The highest BCUT2D eigenvalue weighted by atomic mass is 32.2. The fourth-order valence-corrected chi connectivity index (χ4v) is 5.33. The first kappa shape index (κ1) is 25.9. The number of aromatic nitrogens is 1. The Morgan fingerprint density at radius 1 is 0.892 bits per heavy atom. The zero-order valence-corrected chi connectivity index (χ0v) is 21.4. The van der Waals surface area contributed by atoms with Gasteiger partial charge in [0.15, 0.2) is 5.13 Å². The topological polar surface area (TPSA) is 108 Å². The van der Waals surface area contributed by atoms with E-state index in [1.807, 2.05) is 67.6 Å². The molecular formula is C28H23N3O4S2. The number of aryl methyl sites for hydroxylation is 1. The predicted octanol–water partition coefficient (Wildman–Crippen LogP) is 6.17. The van der Waals surface area contributed by atoms with Crippen molar-refractivity contribution in [2.75, 3.05) is 10.6 Å². The zero-order chi connectivity index (χ0) is 26.2. The molecule has 186 valence electrons. The van der Waals surface area contributed by atoms with Crippen molar-refractivity contribution >= 4 is 51.7 Å². The second kappa shape index (κ2) is 12.2. The summed E-state index contributed by atoms with van der Waals surface area (Å²) in [5.74, 6) is -1.94. The largest absolute Gasteiger partial charge is 0.478 e.